The molecule has 4 heterocycles. The summed E-state index contributed by atoms with van der Waals surface area (Å²) in [7, 11) is 3.33. The molecule has 32 heavy (non-hydrogen) atoms. The highest BCUT2D eigenvalue weighted by atomic mass is 32.1. The van der Waals surface area contributed by atoms with Crippen LogP contribution in [0, 0.1) is 0 Å². The Balaban J connectivity index is 1.66. The van der Waals surface area contributed by atoms with Crippen molar-refractivity contribution >= 4 is 23.0 Å². The lowest BCUT2D eigenvalue weighted by molar-refractivity contribution is 0.226. The summed E-state index contributed by atoms with van der Waals surface area (Å²) < 4.78 is 19.8. The first kappa shape index (κ1) is 18.9. The number of para-hydroxylation sites is 1. The number of nitrogens with zero attached hydrogens (tertiary/aromatic N) is 3. The number of nitrogens with one attached hydrogen (secondary N) is 1. The summed E-state index contributed by atoms with van der Waals surface area (Å²) in [5.41, 5.74) is 3.96. The van der Waals surface area contributed by atoms with E-state index >= 15 is 0 Å². The highest BCUT2D eigenvalue weighted by Gasteiger charge is 2.42. The van der Waals surface area contributed by atoms with Crippen LogP contribution in [0.4, 0.5) is 5.95 Å². The van der Waals surface area contributed by atoms with Crippen molar-refractivity contribution in [3.63, 3.8) is 0 Å². The van der Waals surface area contributed by atoms with Crippen LogP contribution >= 0.6 is 11.3 Å². The van der Waals surface area contributed by atoms with Gasteiger partial charge in [-0.15, -0.1) is 11.3 Å². The average molecular weight is 445 g/mol. The lowest BCUT2D eigenvalue weighted by Gasteiger charge is -2.38. The Bertz CT molecular complexity index is 1330. The van der Waals surface area contributed by atoms with E-state index in [9.17, 15) is 0 Å². The summed E-state index contributed by atoms with van der Waals surface area (Å²) in [6.45, 7) is 0. The van der Waals surface area contributed by atoms with Crippen molar-refractivity contribution in [3.8, 4) is 17.2 Å². The van der Waals surface area contributed by atoms with Gasteiger partial charge in [0.1, 0.15) is 29.6 Å². The van der Waals surface area contributed by atoms with Crippen LogP contribution in [-0.4, -0.2) is 29.0 Å². The van der Waals surface area contributed by atoms with Gasteiger partial charge in [0.05, 0.1) is 19.9 Å². The molecule has 7 nitrogen and oxygen atoms in total. The van der Waals surface area contributed by atoms with Gasteiger partial charge in [-0.3, -0.25) is 0 Å². The largest absolute Gasteiger partial charge is 0.497 e. The van der Waals surface area contributed by atoms with Crippen LogP contribution in [0.15, 0.2) is 71.9 Å². The molecule has 0 aliphatic carbocycles. The highest BCUT2D eigenvalue weighted by molar-refractivity contribution is 7.10. The number of hydrogen-bond acceptors (Lipinski definition) is 7. The van der Waals surface area contributed by atoms with Crippen molar-refractivity contribution in [2.45, 2.75) is 12.1 Å². The predicted molar refractivity (Wildman–Crippen MR) is 122 cm³/mol. The van der Waals surface area contributed by atoms with E-state index < -0.39 is 0 Å². The molecule has 1 N–H and O–H groups in total. The molecule has 2 aromatic carbocycles. The van der Waals surface area contributed by atoms with E-state index in [0.717, 1.165) is 44.5 Å². The number of anilines is 1. The fourth-order valence-electron chi connectivity index (χ4n) is 4.45. The van der Waals surface area contributed by atoms with Crippen LogP contribution in [0.2, 0.25) is 0 Å². The lowest BCUT2D eigenvalue weighted by Crippen LogP contribution is -2.32. The molecule has 0 fully saturated rings. The van der Waals surface area contributed by atoms with Crippen molar-refractivity contribution < 1.29 is 14.2 Å². The number of fused-ring (bicyclic) bond motifs is 3. The number of rotatable bonds is 4. The first-order chi connectivity index (χ1) is 15.8. The third kappa shape index (κ3) is 2.80. The first-order valence-corrected chi connectivity index (χ1v) is 11.1. The van der Waals surface area contributed by atoms with E-state index in [4.69, 9.17) is 14.2 Å². The molecule has 0 radical (unpaired) electrons. The molecular formula is C24H20N4O3S. The second-order valence-electron chi connectivity index (χ2n) is 7.50. The minimum atomic E-state index is -0.297. The van der Waals surface area contributed by atoms with E-state index in [1.165, 1.54) is 0 Å². The van der Waals surface area contributed by atoms with E-state index in [0.29, 0.717) is 5.95 Å². The van der Waals surface area contributed by atoms with Crippen LogP contribution < -0.4 is 19.5 Å². The fourth-order valence-corrected chi connectivity index (χ4v) is 5.22. The van der Waals surface area contributed by atoms with Gasteiger partial charge in [0.25, 0.3) is 0 Å². The van der Waals surface area contributed by atoms with Crippen molar-refractivity contribution in [2.75, 3.05) is 19.5 Å². The third-order valence-electron chi connectivity index (χ3n) is 5.85. The lowest BCUT2D eigenvalue weighted by atomic mass is 9.86. The number of ether oxygens (including phenoxy) is 3. The average Bonchev–Trinajstić information content (AvgIpc) is 3.54. The number of aromatic nitrogens is 3. The van der Waals surface area contributed by atoms with E-state index in [2.05, 4.69) is 32.9 Å². The van der Waals surface area contributed by atoms with Gasteiger partial charge in [0, 0.05) is 21.6 Å². The molecule has 0 saturated carbocycles. The van der Waals surface area contributed by atoms with Crippen LogP contribution in [-0.2, 0) is 0 Å². The number of hydrogen-bond donors (Lipinski definition) is 1. The Labute approximate surface area is 188 Å². The van der Waals surface area contributed by atoms with Crippen LogP contribution in [0.25, 0.3) is 5.70 Å². The Kier molecular flexibility index (Phi) is 4.39. The summed E-state index contributed by atoms with van der Waals surface area (Å²) in [5.74, 6) is 2.99. The Morgan fingerprint density at radius 3 is 2.78 bits per heavy atom. The van der Waals surface area contributed by atoms with Crippen LogP contribution in [0.1, 0.15) is 28.1 Å². The fraction of sp³-hybridized carbons (Fsp3) is 0.167. The Hall–Kier alpha value is -3.78. The molecule has 2 aromatic heterocycles. The van der Waals surface area contributed by atoms with Gasteiger partial charge < -0.3 is 19.5 Å². The van der Waals surface area contributed by atoms with Gasteiger partial charge in [-0.1, -0.05) is 18.2 Å². The normalized spacial score (nSPS) is 18.7. The van der Waals surface area contributed by atoms with Crippen LogP contribution in [0.3, 0.4) is 0 Å². The first-order valence-electron chi connectivity index (χ1n) is 10.2. The molecule has 0 bridgehead atoms. The zero-order valence-electron chi connectivity index (χ0n) is 17.5. The Morgan fingerprint density at radius 2 is 1.97 bits per heavy atom. The maximum absolute atomic E-state index is 6.60. The molecule has 160 valence electrons. The number of methoxy groups -OCH3 is 2. The predicted octanol–water partition coefficient (Wildman–Crippen LogP) is 4.92. The monoisotopic (exact) mass is 444 g/mol. The number of thiophene rings is 1. The van der Waals surface area contributed by atoms with Gasteiger partial charge in [-0.2, -0.15) is 10.1 Å². The van der Waals surface area contributed by atoms with Gasteiger partial charge in [0.15, 0.2) is 6.10 Å². The Morgan fingerprint density at radius 1 is 1.06 bits per heavy atom. The van der Waals surface area contributed by atoms with Gasteiger partial charge in [-0.25, -0.2) is 4.68 Å². The summed E-state index contributed by atoms with van der Waals surface area (Å²) in [6.07, 6.45) is 1.28. The smallest absolute Gasteiger partial charge is 0.226 e. The summed E-state index contributed by atoms with van der Waals surface area (Å²) >= 11 is 1.67. The van der Waals surface area contributed by atoms with Crippen molar-refractivity contribution in [1.29, 1.82) is 0 Å². The van der Waals surface area contributed by atoms with Gasteiger partial charge >= 0.3 is 0 Å². The SMILES string of the molecule is COc1ccc(OC)c([C@H]2C3=C(Nc4ncnn42)c2ccccc2O[C@H]3c2cccs2)c1. The zero-order valence-corrected chi connectivity index (χ0v) is 18.3. The standard InChI is InChI=1S/C24H20N4O3S/c1-29-14-9-10-17(30-2)16(12-14)22-20-21(27-24-25-13-26-28(22)24)15-6-3-4-7-18(15)31-23(20)19-8-5-11-32-19/h3-13,22-23H,1-2H3,(H,25,26,27)/t22-,23-/m0/s1. The van der Waals surface area contributed by atoms with Crippen molar-refractivity contribution in [3.05, 3.63) is 87.9 Å². The molecular weight excluding hydrogens is 424 g/mol. The molecule has 2 aliphatic rings. The summed E-state index contributed by atoms with van der Waals surface area (Å²) in [6, 6.07) is 17.7. The maximum Gasteiger partial charge on any atom is 0.226 e. The minimum Gasteiger partial charge on any atom is -0.497 e. The molecule has 0 amide bonds. The van der Waals surface area contributed by atoms with Gasteiger partial charge in [-0.05, 0) is 41.8 Å². The topological polar surface area (TPSA) is 70.4 Å². The van der Waals surface area contributed by atoms with Crippen molar-refractivity contribution in [1.82, 2.24) is 14.8 Å². The summed E-state index contributed by atoms with van der Waals surface area (Å²) in [4.78, 5) is 5.59. The van der Waals surface area contributed by atoms with E-state index in [1.807, 2.05) is 47.1 Å². The second-order valence-corrected chi connectivity index (χ2v) is 8.48. The summed E-state index contributed by atoms with van der Waals surface area (Å²) in [5, 5.41) is 10.2. The molecule has 4 aromatic rings. The molecule has 0 spiro atoms. The highest BCUT2D eigenvalue weighted by Crippen LogP contribution is 2.52. The number of benzene rings is 2. The van der Waals surface area contributed by atoms with Crippen molar-refractivity contribution in [2.24, 2.45) is 0 Å². The quantitative estimate of drug-likeness (QED) is 0.482. The maximum atomic E-state index is 6.60. The zero-order chi connectivity index (χ0) is 21.7. The molecule has 0 saturated heterocycles. The minimum absolute atomic E-state index is 0.286. The van der Waals surface area contributed by atoms with Crippen LogP contribution in [0.5, 0.6) is 17.2 Å². The molecule has 0 unspecified atom stereocenters. The third-order valence-corrected chi connectivity index (χ3v) is 6.77. The van der Waals surface area contributed by atoms with E-state index in [1.54, 1.807) is 31.9 Å². The van der Waals surface area contributed by atoms with E-state index in [-0.39, 0.29) is 12.1 Å². The molecule has 2 atom stereocenters. The molecule has 6 rings (SSSR count). The molecule has 8 heteroatoms. The molecule has 2 aliphatic heterocycles. The second kappa shape index (κ2) is 7.42. The van der Waals surface area contributed by atoms with Gasteiger partial charge in [0.2, 0.25) is 5.95 Å².